The van der Waals surface area contributed by atoms with Crippen molar-refractivity contribution in [1.29, 1.82) is 0 Å². The van der Waals surface area contributed by atoms with E-state index in [0.29, 0.717) is 22.2 Å². The van der Waals surface area contributed by atoms with Crippen LogP contribution in [0.5, 0.6) is 11.5 Å². The first kappa shape index (κ1) is 26.8. The Kier molecular flexibility index (Phi) is 8.32. The lowest BCUT2D eigenvalue weighted by Gasteiger charge is -2.09. The number of ketones is 1. The molecule has 0 unspecified atom stereocenters. The molecule has 0 bridgehead atoms. The van der Waals surface area contributed by atoms with Crippen molar-refractivity contribution in [3.05, 3.63) is 109 Å². The minimum Gasteiger partial charge on any atom is -0.497 e. The van der Waals surface area contributed by atoms with Gasteiger partial charge in [-0.15, -0.1) is 0 Å². The summed E-state index contributed by atoms with van der Waals surface area (Å²) in [5.41, 5.74) is 5.43. The van der Waals surface area contributed by atoms with Gasteiger partial charge in [-0.2, -0.15) is 0 Å². The van der Waals surface area contributed by atoms with Crippen LogP contribution in [-0.4, -0.2) is 30.9 Å². The number of carbonyl (C=O) groups excluding carboxylic acids is 2. The van der Waals surface area contributed by atoms with Crippen molar-refractivity contribution >= 4 is 28.2 Å². The van der Waals surface area contributed by atoms with E-state index < -0.39 is 0 Å². The summed E-state index contributed by atoms with van der Waals surface area (Å²) in [6.45, 7) is 0. The van der Waals surface area contributed by atoms with Gasteiger partial charge in [0.15, 0.2) is 10.9 Å². The van der Waals surface area contributed by atoms with Crippen LogP contribution in [0.2, 0.25) is 0 Å². The molecule has 0 saturated carbocycles. The number of nitrogens with zero attached hydrogens (tertiary/aromatic N) is 1. The maximum atomic E-state index is 12.9. The third-order valence-electron chi connectivity index (χ3n) is 6.46. The Morgan fingerprint density at radius 1 is 0.725 bits per heavy atom. The first-order valence-electron chi connectivity index (χ1n) is 12.8. The van der Waals surface area contributed by atoms with Gasteiger partial charge in [-0.05, 0) is 34.9 Å². The van der Waals surface area contributed by atoms with Crippen molar-refractivity contribution in [2.75, 3.05) is 19.5 Å². The highest BCUT2D eigenvalue weighted by atomic mass is 32.1. The molecule has 1 heterocycles. The predicted octanol–water partition coefficient (Wildman–Crippen LogP) is 7.76. The first-order valence-corrected chi connectivity index (χ1v) is 13.6. The number of carbonyl (C=O) groups is 2. The molecule has 0 saturated heterocycles. The fraction of sp³-hybridized carbons (Fsp3) is 0.121. The van der Waals surface area contributed by atoms with Gasteiger partial charge in [0.05, 0.1) is 30.4 Å². The number of hydrogen-bond donors (Lipinski definition) is 1. The number of nitrogens with one attached hydrogen (secondary N) is 1. The van der Waals surface area contributed by atoms with Gasteiger partial charge < -0.3 is 14.8 Å². The van der Waals surface area contributed by atoms with Crippen LogP contribution in [0.1, 0.15) is 23.2 Å². The molecule has 1 aromatic heterocycles. The fourth-order valence-corrected chi connectivity index (χ4v) is 5.39. The van der Waals surface area contributed by atoms with Crippen molar-refractivity contribution < 1.29 is 19.1 Å². The van der Waals surface area contributed by atoms with Gasteiger partial charge in [0.2, 0.25) is 5.91 Å². The van der Waals surface area contributed by atoms with E-state index in [2.05, 4.69) is 41.7 Å². The van der Waals surface area contributed by atoms with E-state index in [1.165, 1.54) is 25.6 Å². The van der Waals surface area contributed by atoms with Crippen molar-refractivity contribution in [2.24, 2.45) is 0 Å². The summed E-state index contributed by atoms with van der Waals surface area (Å²) >= 11 is 1.41. The molecule has 6 nitrogen and oxygen atoms in total. The summed E-state index contributed by atoms with van der Waals surface area (Å²) in [7, 11) is 3.04. The monoisotopic (exact) mass is 548 g/mol. The number of thiazole rings is 1. The second-order valence-corrected chi connectivity index (χ2v) is 10.0. The zero-order valence-corrected chi connectivity index (χ0v) is 23.0. The number of aromatic nitrogens is 1. The molecule has 5 rings (SSSR count). The Labute approximate surface area is 237 Å². The van der Waals surface area contributed by atoms with Crippen LogP contribution in [0.15, 0.2) is 103 Å². The van der Waals surface area contributed by atoms with Crippen molar-refractivity contribution in [2.45, 2.75) is 12.8 Å². The van der Waals surface area contributed by atoms with Gasteiger partial charge in [-0.3, -0.25) is 9.59 Å². The molecule has 0 radical (unpaired) electrons. The second kappa shape index (κ2) is 12.4. The minimum absolute atomic E-state index is 0.0144. The molecular formula is C33H28N2O4S. The number of anilines is 1. The van der Waals surface area contributed by atoms with Crippen LogP contribution in [-0.2, 0) is 4.79 Å². The Bertz CT molecular complexity index is 1610. The topological polar surface area (TPSA) is 77.5 Å². The lowest BCUT2D eigenvalue weighted by molar-refractivity contribution is -0.116. The molecule has 0 atom stereocenters. The molecule has 0 aliphatic heterocycles. The van der Waals surface area contributed by atoms with E-state index >= 15 is 0 Å². The largest absolute Gasteiger partial charge is 0.497 e. The van der Waals surface area contributed by atoms with Gasteiger partial charge in [-0.1, -0.05) is 96.3 Å². The summed E-state index contributed by atoms with van der Waals surface area (Å²) in [4.78, 5) is 31.5. The lowest BCUT2D eigenvalue weighted by atomic mass is 10.0. The quantitative estimate of drug-likeness (QED) is 0.181. The Morgan fingerprint density at radius 2 is 1.35 bits per heavy atom. The number of Topliss-reactive ketones (excluding diaryl/α,β-unsaturated/α-hetero) is 1. The lowest BCUT2D eigenvalue weighted by Crippen LogP contribution is -2.13. The van der Waals surface area contributed by atoms with Crippen LogP contribution in [0.3, 0.4) is 0 Å². The van der Waals surface area contributed by atoms with E-state index in [1.54, 1.807) is 18.2 Å². The summed E-state index contributed by atoms with van der Waals surface area (Å²) in [5, 5.41) is 3.38. The van der Waals surface area contributed by atoms with Crippen LogP contribution in [0.25, 0.3) is 32.8 Å². The van der Waals surface area contributed by atoms with E-state index in [9.17, 15) is 9.59 Å². The SMILES string of the molecule is COc1ccc(OC)c(C(=O)CCC(=O)Nc2nc(-c3ccccc3)c(-c3ccc(-c4ccccc4)cc3)s2)c1. The standard InChI is InChI=1S/C33H28N2O4S/c1-38-26-17-19-29(39-2)27(21-26)28(36)18-20-30(37)34-33-35-31(24-11-7-4-8-12-24)32(40-33)25-15-13-23(14-16-25)22-9-5-3-6-10-22/h3-17,19,21H,18,20H2,1-2H3,(H,34,35,37). The van der Waals surface area contributed by atoms with Gasteiger partial charge >= 0.3 is 0 Å². The van der Waals surface area contributed by atoms with Gasteiger partial charge in [0.1, 0.15) is 11.5 Å². The molecular weight excluding hydrogens is 520 g/mol. The Hall–Kier alpha value is -4.75. The zero-order chi connectivity index (χ0) is 27.9. The zero-order valence-electron chi connectivity index (χ0n) is 22.2. The van der Waals surface area contributed by atoms with E-state index in [0.717, 1.165) is 32.8 Å². The number of hydrogen-bond acceptors (Lipinski definition) is 6. The fourth-order valence-electron chi connectivity index (χ4n) is 4.38. The van der Waals surface area contributed by atoms with Gasteiger partial charge in [0, 0.05) is 18.4 Å². The molecule has 0 fully saturated rings. The number of methoxy groups -OCH3 is 2. The summed E-state index contributed by atoms with van der Waals surface area (Å²) in [6, 6.07) is 33.5. The smallest absolute Gasteiger partial charge is 0.226 e. The van der Waals surface area contributed by atoms with Crippen molar-refractivity contribution in [3.63, 3.8) is 0 Å². The average Bonchev–Trinajstić information content (AvgIpc) is 3.44. The van der Waals surface area contributed by atoms with Crippen LogP contribution in [0.4, 0.5) is 5.13 Å². The molecule has 7 heteroatoms. The molecule has 0 spiro atoms. The van der Waals surface area contributed by atoms with Crippen molar-refractivity contribution in [3.8, 4) is 44.3 Å². The van der Waals surface area contributed by atoms with Gasteiger partial charge in [0.25, 0.3) is 0 Å². The predicted molar refractivity (Wildman–Crippen MR) is 160 cm³/mol. The van der Waals surface area contributed by atoms with E-state index in [-0.39, 0.29) is 24.5 Å². The molecule has 200 valence electrons. The molecule has 1 amide bonds. The number of benzene rings is 4. The highest BCUT2D eigenvalue weighted by Gasteiger charge is 2.19. The van der Waals surface area contributed by atoms with E-state index in [4.69, 9.17) is 14.5 Å². The molecule has 1 N–H and O–H groups in total. The first-order chi connectivity index (χ1) is 19.6. The highest BCUT2D eigenvalue weighted by Crippen LogP contribution is 2.39. The number of ether oxygens (including phenoxy) is 2. The van der Waals surface area contributed by atoms with Gasteiger partial charge in [-0.25, -0.2) is 4.98 Å². The summed E-state index contributed by atoms with van der Waals surface area (Å²) in [5.74, 6) is 0.513. The highest BCUT2D eigenvalue weighted by molar-refractivity contribution is 7.19. The number of rotatable bonds is 10. The third kappa shape index (κ3) is 6.11. The number of amides is 1. The molecule has 40 heavy (non-hydrogen) atoms. The van der Waals surface area contributed by atoms with E-state index in [1.807, 2.05) is 48.5 Å². The maximum Gasteiger partial charge on any atom is 0.226 e. The Morgan fingerprint density at radius 3 is 2.00 bits per heavy atom. The molecule has 0 aliphatic rings. The summed E-state index contributed by atoms with van der Waals surface area (Å²) in [6.07, 6.45) is 0.0423. The normalized spacial score (nSPS) is 10.7. The Balaban J connectivity index is 1.34. The maximum absolute atomic E-state index is 12.9. The molecule has 0 aliphatic carbocycles. The average molecular weight is 549 g/mol. The van der Waals surface area contributed by atoms with Crippen molar-refractivity contribution in [1.82, 2.24) is 4.98 Å². The van der Waals surface area contributed by atoms with Crippen LogP contribution in [0, 0.1) is 0 Å². The van der Waals surface area contributed by atoms with Crippen LogP contribution >= 0.6 is 11.3 Å². The molecule has 5 aromatic rings. The second-order valence-electron chi connectivity index (χ2n) is 9.04. The minimum atomic E-state index is -0.283. The van der Waals surface area contributed by atoms with Crippen LogP contribution < -0.4 is 14.8 Å². The molecule has 4 aromatic carbocycles. The summed E-state index contributed by atoms with van der Waals surface area (Å²) < 4.78 is 10.5. The third-order valence-corrected chi connectivity index (χ3v) is 7.48.